The van der Waals surface area contributed by atoms with E-state index in [0.29, 0.717) is 36.1 Å². The first-order valence-electron chi connectivity index (χ1n) is 13.8. The third-order valence-electron chi connectivity index (χ3n) is 8.70. The Labute approximate surface area is 239 Å². The van der Waals surface area contributed by atoms with Crippen molar-refractivity contribution in [1.29, 1.82) is 0 Å². The van der Waals surface area contributed by atoms with Crippen LogP contribution in [0, 0.1) is 25.0 Å². The molecule has 2 aliphatic heterocycles. The van der Waals surface area contributed by atoms with Crippen LogP contribution in [-0.2, 0) is 0 Å². The predicted octanol–water partition coefficient (Wildman–Crippen LogP) is 5.62. The van der Waals surface area contributed by atoms with Crippen LogP contribution in [0.5, 0.6) is 5.88 Å². The fourth-order valence-corrected chi connectivity index (χ4v) is 6.40. The zero-order chi connectivity index (χ0) is 27.6. The van der Waals surface area contributed by atoms with E-state index in [-0.39, 0.29) is 17.6 Å². The summed E-state index contributed by atoms with van der Waals surface area (Å²) in [7, 11) is 0. The summed E-state index contributed by atoms with van der Waals surface area (Å²) < 4.78 is 8.33. The van der Waals surface area contributed by atoms with Gasteiger partial charge in [-0.1, -0.05) is 34.1 Å². The molecule has 0 saturated carbocycles. The van der Waals surface area contributed by atoms with Crippen LogP contribution in [0.3, 0.4) is 0 Å². The molecule has 206 valence electrons. The number of nitrogens with zero attached hydrogens (tertiary/aromatic N) is 4. The first-order chi connectivity index (χ1) is 18.7. The maximum absolute atomic E-state index is 13.3. The van der Waals surface area contributed by atoms with E-state index in [1.807, 2.05) is 30.0 Å². The van der Waals surface area contributed by atoms with Crippen LogP contribution in [0.15, 0.2) is 65.4 Å². The Morgan fingerprint density at radius 3 is 2.41 bits per heavy atom. The summed E-state index contributed by atoms with van der Waals surface area (Å²) in [6, 6.07) is 15.9. The molecule has 0 aliphatic carbocycles. The quantitative estimate of drug-likeness (QED) is 0.274. The largest absolute Gasteiger partial charge is 0.618 e. The van der Waals surface area contributed by atoms with E-state index in [1.54, 1.807) is 19.2 Å². The molecule has 2 saturated heterocycles. The Hall–Kier alpha value is -2.97. The summed E-state index contributed by atoms with van der Waals surface area (Å²) in [4.78, 5) is 22.3. The maximum atomic E-state index is 13.3. The molecule has 1 aromatic carbocycles. The lowest BCUT2D eigenvalue weighted by molar-refractivity contribution is -0.612. The molecule has 2 fully saturated rings. The highest BCUT2D eigenvalue weighted by Gasteiger charge is 2.40. The van der Waals surface area contributed by atoms with Crippen molar-refractivity contribution in [2.75, 3.05) is 26.2 Å². The number of benzene rings is 1. The topological polar surface area (TPSA) is 72.6 Å². The minimum absolute atomic E-state index is 0.0278. The van der Waals surface area contributed by atoms with Gasteiger partial charge < -0.3 is 14.8 Å². The lowest BCUT2D eigenvalue weighted by Gasteiger charge is -2.49. The van der Waals surface area contributed by atoms with Crippen molar-refractivity contribution in [3.8, 4) is 5.88 Å². The second kappa shape index (κ2) is 11.6. The number of halogens is 1. The maximum Gasteiger partial charge on any atom is 0.260 e. The first kappa shape index (κ1) is 27.6. The van der Waals surface area contributed by atoms with E-state index < -0.39 is 0 Å². The number of carbonyl (C=O) groups excluding carboxylic acids is 1. The number of aromatic nitrogens is 2. The van der Waals surface area contributed by atoms with Gasteiger partial charge in [-0.3, -0.25) is 9.69 Å². The summed E-state index contributed by atoms with van der Waals surface area (Å²) >= 11 is 3.55. The van der Waals surface area contributed by atoms with Crippen LogP contribution < -0.4 is 9.47 Å². The standard InChI is InChI=1S/C31H37BrN4O3/c1-22-11-19-36(38)23(2)28(22)30(37)34-20-14-31(3,15-21-34)35-17-12-25(13-18-35)29(24-7-9-26(32)10-8-24)39-27-6-4-5-16-33-27/h4-11,16,19,25,29H,12-15,17-18,20-21H2,1-3H3. The Kier molecular flexibility index (Phi) is 8.24. The highest BCUT2D eigenvalue weighted by molar-refractivity contribution is 9.10. The number of hydrogen-bond acceptors (Lipinski definition) is 5. The minimum atomic E-state index is -0.0523. The average molecular weight is 594 g/mol. The molecule has 0 radical (unpaired) electrons. The Morgan fingerprint density at radius 2 is 1.77 bits per heavy atom. The molecular weight excluding hydrogens is 556 g/mol. The summed E-state index contributed by atoms with van der Waals surface area (Å²) in [6.45, 7) is 9.37. The van der Waals surface area contributed by atoms with E-state index in [4.69, 9.17) is 4.74 Å². The van der Waals surface area contributed by atoms with Crippen LogP contribution >= 0.6 is 15.9 Å². The molecule has 0 N–H and O–H groups in total. The molecule has 0 spiro atoms. The number of hydrogen-bond donors (Lipinski definition) is 0. The fraction of sp³-hybridized carbons (Fsp3) is 0.452. The summed E-state index contributed by atoms with van der Waals surface area (Å²) in [5.74, 6) is 1.01. The predicted molar refractivity (Wildman–Crippen MR) is 154 cm³/mol. The normalized spacial score (nSPS) is 19.0. The van der Waals surface area contributed by atoms with Crippen LogP contribution in [0.1, 0.15) is 65.9 Å². The second-order valence-corrected chi connectivity index (χ2v) is 12.1. The monoisotopic (exact) mass is 592 g/mol. The zero-order valence-corrected chi connectivity index (χ0v) is 24.6. The van der Waals surface area contributed by atoms with Crippen LogP contribution in [0.25, 0.3) is 0 Å². The Morgan fingerprint density at radius 1 is 1.08 bits per heavy atom. The third kappa shape index (κ3) is 5.97. The molecule has 39 heavy (non-hydrogen) atoms. The van der Waals surface area contributed by atoms with Crippen molar-refractivity contribution in [3.63, 3.8) is 0 Å². The van der Waals surface area contributed by atoms with Crippen molar-refractivity contribution >= 4 is 21.8 Å². The average Bonchev–Trinajstić information content (AvgIpc) is 2.95. The zero-order valence-electron chi connectivity index (χ0n) is 23.0. The highest BCUT2D eigenvalue weighted by Crippen LogP contribution is 2.39. The molecule has 1 amide bonds. The first-order valence-corrected chi connectivity index (χ1v) is 14.6. The number of carbonyl (C=O) groups is 1. The fourth-order valence-electron chi connectivity index (χ4n) is 6.14. The van der Waals surface area contributed by atoms with Gasteiger partial charge in [-0.05, 0) is 81.9 Å². The second-order valence-electron chi connectivity index (χ2n) is 11.2. The van der Waals surface area contributed by atoms with Crippen molar-refractivity contribution in [1.82, 2.24) is 14.8 Å². The van der Waals surface area contributed by atoms with Gasteiger partial charge >= 0.3 is 0 Å². The van der Waals surface area contributed by atoms with Gasteiger partial charge in [-0.15, -0.1) is 0 Å². The summed E-state index contributed by atoms with van der Waals surface area (Å²) in [5.41, 5.74) is 3.10. The van der Waals surface area contributed by atoms with Crippen LogP contribution in [0.2, 0.25) is 0 Å². The third-order valence-corrected chi connectivity index (χ3v) is 9.23. The van der Waals surface area contributed by atoms with E-state index in [2.05, 4.69) is 57.0 Å². The Balaban J connectivity index is 1.23. The molecule has 0 bridgehead atoms. The van der Waals surface area contributed by atoms with Gasteiger partial charge in [-0.2, -0.15) is 4.73 Å². The molecular formula is C31H37BrN4O3. The smallest absolute Gasteiger partial charge is 0.260 e. The molecule has 7 nitrogen and oxygen atoms in total. The highest BCUT2D eigenvalue weighted by atomic mass is 79.9. The van der Waals surface area contributed by atoms with Crippen molar-refractivity contribution in [2.24, 2.45) is 5.92 Å². The van der Waals surface area contributed by atoms with Crippen LogP contribution in [0.4, 0.5) is 0 Å². The van der Waals surface area contributed by atoms with Gasteiger partial charge in [0, 0.05) is 54.3 Å². The molecule has 8 heteroatoms. The van der Waals surface area contributed by atoms with Crippen LogP contribution in [-0.4, -0.2) is 52.4 Å². The summed E-state index contributed by atoms with van der Waals surface area (Å²) in [6.07, 6.45) is 7.12. The lowest BCUT2D eigenvalue weighted by Crippen LogP contribution is -2.57. The SMILES string of the molecule is Cc1cc[n+]([O-])c(C)c1C(=O)N1CCC(C)(N2CCC(C(Oc3ccccn3)c3ccc(Br)cc3)CC2)CC1. The van der Waals surface area contributed by atoms with Gasteiger partial charge in [0.1, 0.15) is 11.7 Å². The molecule has 5 rings (SSSR count). The van der Waals surface area contributed by atoms with Crippen molar-refractivity contribution in [3.05, 3.63) is 93.0 Å². The number of rotatable bonds is 6. The number of piperidine rings is 2. The lowest BCUT2D eigenvalue weighted by atomic mass is 9.82. The number of likely N-dealkylation sites (tertiary alicyclic amines) is 2. The Bertz CT molecular complexity index is 1290. The van der Waals surface area contributed by atoms with E-state index in [9.17, 15) is 10.0 Å². The molecule has 1 atom stereocenters. The van der Waals surface area contributed by atoms with Gasteiger partial charge in [0.2, 0.25) is 11.6 Å². The molecule has 1 unspecified atom stereocenters. The molecule has 2 aromatic heterocycles. The van der Waals surface area contributed by atoms with Gasteiger partial charge in [0.15, 0.2) is 6.20 Å². The number of aryl methyl sites for hydroxylation is 1. The summed E-state index contributed by atoms with van der Waals surface area (Å²) in [5, 5.41) is 12.1. The van der Waals surface area contributed by atoms with Gasteiger partial charge in [0.05, 0.1) is 0 Å². The van der Waals surface area contributed by atoms with Crippen molar-refractivity contribution in [2.45, 2.75) is 58.1 Å². The minimum Gasteiger partial charge on any atom is -0.618 e. The molecule has 3 aromatic rings. The molecule has 4 heterocycles. The van der Waals surface area contributed by atoms with Gasteiger partial charge in [0.25, 0.3) is 5.91 Å². The van der Waals surface area contributed by atoms with Gasteiger partial charge in [-0.25, -0.2) is 4.98 Å². The van der Waals surface area contributed by atoms with E-state index >= 15 is 0 Å². The number of amides is 1. The van der Waals surface area contributed by atoms with E-state index in [1.165, 1.54) is 11.8 Å². The van der Waals surface area contributed by atoms with E-state index in [0.717, 1.165) is 53.5 Å². The molecule has 2 aliphatic rings. The van der Waals surface area contributed by atoms with Crippen molar-refractivity contribution < 1.29 is 14.3 Å². The number of ether oxygens (including phenoxy) is 1. The number of pyridine rings is 2.